The highest BCUT2D eigenvalue weighted by Gasteiger charge is 2.11. The van der Waals surface area contributed by atoms with Gasteiger partial charge < -0.3 is 9.88 Å². The molecular weight excluding hydrogens is 232 g/mol. The Bertz CT molecular complexity index is 330. The minimum absolute atomic E-state index is 0.516. The molecule has 0 bridgehead atoms. The third-order valence-corrected chi connectivity index (χ3v) is 4.05. The fraction of sp³-hybridized carbons (Fsp3) is 0.765. The van der Waals surface area contributed by atoms with Crippen molar-refractivity contribution in [2.24, 2.45) is 5.92 Å². The van der Waals surface area contributed by atoms with Gasteiger partial charge in [0.25, 0.3) is 0 Å². The van der Waals surface area contributed by atoms with Gasteiger partial charge in [-0.1, -0.05) is 47.0 Å². The first kappa shape index (κ1) is 16.3. The van der Waals surface area contributed by atoms with Crippen molar-refractivity contribution < 1.29 is 0 Å². The van der Waals surface area contributed by atoms with Crippen LogP contribution in [-0.2, 0) is 6.54 Å². The van der Waals surface area contributed by atoms with Crippen LogP contribution in [0.3, 0.4) is 0 Å². The molecule has 1 aromatic heterocycles. The molecule has 0 spiro atoms. The van der Waals surface area contributed by atoms with Gasteiger partial charge in [0.15, 0.2) is 0 Å². The van der Waals surface area contributed by atoms with Crippen LogP contribution in [0.5, 0.6) is 0 Å². The SMILES string of the molecule is CCCCC(CC)Cn1ccc(C(CC)NCC)c1. The minimum Gasteiger partial charge on any atom is -0.354 e. The molecule has 19 heavy (non-hydrogen) atoms. The third kappa shape index (κ3) is 5.40. The van der Waals surface area contributed by atoms with Gasteiger partial charge in [-0.15, -0.1) is 0 Å². The summed E-state index contributed by atoms with van der Waals surface area (Å²) < 4.78 is 2.39. The Morgan fingerprint density at radius 1 is 1.16 bits per heavy atom. The van der Waals surface area contributed by atoms with Crippen molar-refractivity contribution in [1.82, 2.24) is 9.88 Å². The molecule has 1 heterocycles. The molecule has 2 unspecified atom stereocenters. The van der Waals surface area contributed by atoms with Crippen molar-refractivity contribution in [2.75, 3.05) is 6.54 Å². The molecular formula is C17H32N2. The predicted molar refractivity (Wildman–Crippen MR) is 84.4 cm³/mol. The molecule has 2 atom stereocenters. The lowest BCUT2D eigenvalue weighted by Crippen LogP contribution is -2.19. The van der Waals surface area contributed by atoms with Gasteiger partial charge in [0, 0.05) is 25.0 Å². The fourth-order valence-electron chi connectivity index (χ4n) is 2.74. The van der Waals surface area contributed by atoms with E-state index in [1.54, 1.807) is 0 Å². The molecule has 110 valence electrons. The van der Waals surface area contributed by atoms with E-state index in [0.717, 1.165) is 18.9 Å². The average Bonchev–Trinajstić information content (AvgIpc) is 2.89. The van der Waals surface area contributed by atoms with E-state index in [-0.39, 0.29) is 0 Å². The van der Waals surface area contributed by atoms with Gasteiger partial charge in [0.2, 0.25) is 0 Å². The fourth-order valence-corrected chi connectivity index (χ4v) is 2.74. The summed E-state index contributed by atoms with van der Waals surface area (Å²) >= 11 is 0. The quantitative estimate of drug-likeness (QED) is 0.644. The van der Waals surface area contributed by atoms with E-state index in [9.17, 15) is 0 Å². The summed E-state index contributed by atoms with van der Waals surface area (Å²) in [5, 5.41) is 3.55. The second-order valence-electron chi connectivity index (χ2n) is 5.58. The van der Waals surface area contributed by atoms with Crippen molar-refractivity contribution in [2.45, 2.75) is 72.4 Å². The van der Waals surface area contributed by atoms with E-state index in [2.05, 4.69) is 56.0 Å². The highest BCUT2D eigenvalue weighted by Crippen LogP contribution is 2.20. The van der Waals surface area contributed by atoms with Gasteiger partial charge >= 0.3 is 0 Å². The molecule has 0 fully saturated rings. The van der Waals surface area contributed by atoms with E-state index in [0.29, 0.717) is 6.04 Å². The van der Waals surface area contributed by atoms with Crippen molar-refractivity contribution in [1.29, 1.82) is 0 Å². The van der Waals surface area contributed by atoms with Crippen LogP contribution < -0.4 is 5.32 Å². The number of aromatic nitrogens is 1. The lowest BCUT2D eigenvalue weighted by Gasteiger charge is -2.16. The van der Waals surface area contributed by atoms with E-state index >= 15 is 0 Å². The summed E-state index contributed by atoms with van der Waals surface area (Å²) in [5.74, 6) is 0.833. The summed E-state index contributed by atoms with van der Waals surface area (Å²) in [4.78, 5) is 0. The summed E-state index contributed by atoms with van der Waals surface area (Å²) in [7, 11) is 0. The van der Waals surface area contributed by atoms with Crippen LogP contribution in [0.4, 0.5) is 0 Å². The van der Waals surface area contributed by atoms with Crippen LogP contribution in [0.1, 0.15) is 71.4 Å². The Kier molecular flexibility index (Phi) is 7.88. The van der Waals surface area contributed by atoms with Crippen LogP contribution in [0.25, 0.3) is 0 Å². The van der Waals surface area contributed by atoms with Crippen LogP contribution in [0.2, 0.25) is 0 Å². The second kappa shape index (κ2) is 9.19. The molecule has 0 saturated heterocycles. The number of hydrogen-bond donors (Lipinski definition) is 1. The molecule has 0 aromatic carbocycles. The van der Waals surface area contributed by atoms with Crippen LogP contribution in [0, 0.1) is 5.92 Å². The maximum Gasteiger partial charge on any atom is 0.0332 e. The molecule has 1 N–H and O–H groups in total. The zero-order valence-electron chi connectivity index (χ0n) is 13.3. The number of hydrogen-bond acceptors (Lipinski definition) is 1. The number of rotatable bonds is 10. The molecule has 0 radical (unpaired) electrons. The van der Waals surface area contributed by atoms with Crippen molar-refractivity contribution in [3.63, 3.8) is 0 Å². The third-order valence-electron chi connectivity index (χ3n) is 4.05. The Morgan fingerprint density at radius 3 is 2.53 bits per heavy atom. The Balaban J connectivity index is 2.57. The Labute approximate surface area is 119 Å². The first-order valence-corrected chi connectivity index (χ1v) is 8.14. The van der Waals surface area contributed by atoms with E-state index in [4.69, 9.17) is 0 Å². The summed E-state index contributed by atoms with van der Waals surface area (Å²) in [6.07, 6.45) is 11.1. The summed E-state index contributed by atoms with van der Waals surface area (Å²) in [5.41, 5.74) is 1.44. The van der Waals surface area contributed by atoms with Crippen LogP contribution >= 0.6 is 0 Å². The maximum atomic E-state index is 3.55. The lowest BCUT2D eigenvalue weighted by atomic mass is 9.99. The van der Waals surface area contributed by atoms with Gasteiger partial charge in [-0.05, 0) is 36.9 Å². The van der Waals surface area contributed by atoms with E-state index in [1.807, 2.05) is 0 Å². The Morgan fingerprint density at radius 2 is 1.95 bits per heavy atom. The zero-order valence-corrected chi connectivity index (χ0v) is 13.3. The average molecular weight is 264 g/mol. The molecule has 1 rings (SSSR count). The molecule has 2 heteroatoms. The molecule has 0 amide bonds. The number of unbranched alkanes of at least 4 members (excludes halogenated alkanes) is 1. The molecule has 0 saturated carbocycles. The van der Waals surface area contributed by atoms with Gasteiger partial charge in [-0.25, -0.2) is 0 Å². The maximum absolute atomic E-state index is 3.55. The minimum atomic E-state index is 0.516. The smallest absolute Gasteiger partial charge is 0.0332 e. The summed E-state index contributed by atoms with van der Waals surface area (Å²) in [6, 6.07) is 2.80. The largest absolute Gasteiger partial charge is 0.354 e. The molecule has 1 aromatic rings. The second-order valence-corrected chi connectivity index (χ2v) is 5.58. The van der Waals surface area contributed by atoms with E-state index in [1.165, 1.54) is 37.8 Å². The van der Waals surface area contributed by atoms with Crippen molar-refractivity contribution in [3.05, 3.63) is 24.0 Å². The molecule has 0 aliphatic heterocycles. The monoisotopic (exact) mass is 264 g/mol. The highest BCUT2D eigenvalue weighted by molar-refractivity contribution is 5.15. The highest BCUT2D eigenvalue weighted by atomic mass is 15.0. The molecule has 0 aliphatic rings. The normalized spacial score (nSPS) is 14.5. The lowest BCUT2D eigenvalue weighted by molar-refractivity contribution is 0.390. The number of nitrogens with one attached hydrogen (secondary N) is 1. The number of nitrogens with zero attached hydrogens (tertiary/aromatic N) is 1. The first-order chi connectivity index (χ1) is 9.24. The standard InChI is InChI=1S/C17H32N2/c1-5-9-10-15(6-2)13-19-12-11-16(14-19)17(7-3)18-8-4/h11-12,14-15,17-18H,5-10,13H2,1-4H3. The molecule has 0 aliphatic carbocycles. The Hall–Kier alpha value is -0.760. The summed E-state index contributed by atoms with van der Waals surface area (Å²) in [6.45, 7) is 11.2. The van der Waals surface area contributed by atoms with Crippen molar-refractivity contribution >= 4 is 0 Å². The van der Waals surface area contributed by atoms with Crippen LogP contribution in [0.15, 0.2) is 18.5 Å². The topological polar surface area (TPSA) is 17.0 Å². The van der Waals surface area contributed by atoms with Gasteiger partial charge in [0.1, 0.15) is 0 Å². The van der Waals surface area contributed by atoms with Crippen molar-refractivity contribution in [3.8, 4) is 0 Å². The van der Waals surface area contributed by atoms with Crippen LogP contribution in [-0.4, -0.2) is 11.1 Å². The van der Waals surface area contributed by atoms with E-state index < -0.39 is 0 Å². The molecule has 2 nitrogen and oxygen atoms in total. The predicted octanol–water partition coefficient (Wildman–Crippen LogP) is 4.77. The van der Waals surface area contributed by atoms with Gasteiger partial charge in [-0.2, -0.15) is 0 Å². The van der Waals surface area contributed by atoms with Gasteiger partial charge in [0.05, 0.1) is 0 Å². The zero-order chi connectivity index (χ0) is 14.1. The first-order valence-electron chi connectivity index (χ1n) is 8.14. The van der Waals surface area contributed by atoms with Gasteiger partial charge in [-0.3, -0.25) is 0 Å².